The number of nitrogens with one attached hydrogen (secondary N) is 1. The number of nitrogens with zero attached hydrogens (tertiary/aromatic N) is 2. The summed E-state index contributed by atoms with van der Waals surface area (Å²) in [5.74, 6) is 6.36. The van der Waals surface area contributed by atoms with Crippen molar-refractivity contribution < 1.29 is 4.74 Å². The molecule has 0 amide bonds. The summed E-state index contributed by atoms with van der Waals surface area (Å²) in [4.78, 5) is 0. The Kier molecular flexibility index (Phi) is 4.88. The average Bonchev–Trinajstić information content (AvgIpc) is 2.81. The second-order valence-electron chi connectivity index (χ2n) is 4.39. The Labute approximate surface area is 127 Å². The van der Waals surface area contributed by atoms with Crippen LogP contribution in [-0.4, -0.2) is 16.9 Å². The predicted molar refractivity (Wildman–Crippen MR) is 80.0 cm³/mol. The van der Waals surface area contributed by atoms with Gasteiger partial charge in [-0.1, -0.05) is 29.3 Å². The van der Waals surface area contributed by atoms with Crippen LogP contribution in [0.3, 0.4) is 0 Å². The number of aryl methyl sites for hydroxylation is 1. The number of hydrogen-bond donors (Lipinski definition) is 2. The van der Waals surface area contributed by atoms with Crippen molar-refractivity contribution in [2.45, 2.75) is 12.5 Å². The number of aromatic nitrogens is 2. The van der Waals surface area contributed by atoms with Crippen LogP contribution in [0.15, 0.2) is 24.4 Å². The van der Waals surface area contributed by atoms with Crippen LogP contribution < -0.4 is 16.0 Å². The molecular weight excluding hydrogens is 299 g/mol. The third-order valence-corrected chi connectivity index (χ3v) is 3.86. The summed E-state index contributed by atoms with van der Waals surface area (Å²) >= 11 is 11.9. The van der Waals surface area contributed by atoms with Crippen molar-refractivity contribution >= 4 is 23.2 Å². The highest BCUT2D eigenvalue weighted by molar-refractivity contribution is 6.42. The number of halogens is 2. The summed E-state index contributed by atoms with van der Waals surface area (Å²) in [6, 6.07) is 5.38. The maximum absolute atomic E-state index is 6.03. The average molecular weight is 315 g/mol. The van der Waals surface area contributed by atoms with Crippen molar-refractivity contribution in [2.24, 2.45) is 12.9 Å². The number of ether oxygens (including phenoxy) is 1. The van der Waals surface area contributed by atoms with Crippen molar-refractivity contribution in [1.29, 1.82) is 0 Å². The van der Waals surface area contributed by atoms with E-state index in [4.69, 9.17) is 33.8 Å². The maximum Gasteiger partial charge on any atom is 0.161 e. The SMILES string of the molecule is COc1cnn(C)c1C(Cc1ccc(Cl)c(Cl)c1)NN. The second kappa shape index (κ2) is 6.45. The summed E-state index contributed by atoms with van der Waals surface area (Å²) in [7, 11) is 3.45. The molecule has 0 saturated carbocycles. The van der Waals surface area contributed by atoms with Crippen LogP contribution in [0.5, 0.6) is 5.75 Å². The first-order valence-electron chi connectivity index (χ1n) is 6.02. The van der Waals surface area contributed by atoms with Gasteiger partial charge in [0, 0.05) is 7.05 Å². The van der Waals surface area contributed by atoms with E-state index in [1.165, 1.54) is 0 Å². The highest BCUT2D eigenvalue weighted by Gasteiger charge is 2.20. The summed E-state index contributed by atoms with van der Waals surface area (Å²) in [5, 5.41) is 5.24. The van der Waals surface area contributed by atoms with Gasteiger partial charge in [0.1, 0.15) is 0 Å². The van der Waals surface area contributed by atoms with Gasteiger partial charge in [0.25, 0.3) is 0 Å². The summed E-state index contributed by atoms with van der Waals surface area (Å²) in [5.41, 5.74) is 4.68. The van der Waals surface area contributed by atoms with E-state index >= 15 is 0 Å². The molecule has 0 aliphatic rings. The first-order chi connectivity index (χ1) is 9.56. The molecule has 0 bridgehead atoms. The molecule has 7 heteroatoms. The second-order valence-corrected chi connectivity index (χ2v) is 5.21. The van der Waals surface area contributed by atoms with E-state index in [-0.39, 0.29) is 6.04 Å². The van der Waals surface area contributed by atoms with Crippen LogP contribution in [0, 0.1) is 0 Å². The molecule has 108 valence electrons. The van der Waals surface area contributed by atoms with Gasteiger partial charge in [0.2, 0.25) is 0 Å². The van der Waals surface area contributed by atoms with Gasteiger partial charge in [0.05, 0.1) is 35.1 Å². The molecule has 1 aromatic heterocycles. The molecule has 0 radical (unpaired) electrons. The Bertz CT molecular complexity index is 600. The van der Waals surface area contributed by atoms with E-state index in [9.17, 15) is 0 Å². The van der Waals surface area contributed by atoms with Gasteiger partial charge in [-0.2, -0.15) is 5.10 Å². The normalized spacial score (nSPS) is 12.4. The molecule has 1 unspecified atom stereocenters. The molecule has 0 aliphatic heterocycles. The Balaban J connectivity index is 2.28. The van der Waals surface area contributed by atoms with Crippen molar-refractivity contribution in [3.8, 4) is 5.75 Å². The highest BCUT2D eigenvalue weighted by Crippen LogP contribution is 2.29. The minimum Gasteiger partial charge on any atom is -0.493 e. The monoisotopic (exact) mass is 314 g/mol. The predicted octanol–water partition coefficient (Wildman–Crippen LogP) is 2.48. The zero-order valence-corrected chi connectivity index (χ0v) is 12.7. The van der Waals surface area contributed by atoms with Gasteiger partial charge in [-0.15, -0.1) is 0 Å². The quantitative estimate of drug-likeness (QED) is 0.657. The molecule has 1 heterocycles. The molecule has 0 fully saturated rings. The fourth-order valence-electron chi connectivity index (χ4n) is 2.12. The van der Waals surface area contributed by atoms with Crippen LogP contribution in [0.4, 0.5) is 0 Å². The number of rotatable bonds is 5. The lowest BCUT2D eigenvalue weighted by atomic mass is 10.0. The van der Waals surface area contributed by atoms with Crippen LogP contribution in [0.25, 0.3) is 0 Å². The van der Waals surface area contributed by atoms with E-state index in [1.807, 2.05) is 19.2 Å². The molecule has 3 N–H and O–H groups in total. The first-order valence-corrected chi connectivity index (χ1v) is 6.78. The Morgan fingerprint density at radius 1 is 1.40 bits per heavy atom. The fraction of sp³-hybridized carbons (Fsp3) is 0.308. The summed E-state index contributed by atoms with van der Waals surface area (Å²) in [6.45, 7) is 0. The lowest BCUT2D eigenvalue weighted by Gasteiger charge is -2.18. The molecule has 0 saturated heterocycles. The number of benzene rings is 1. The van der Waals surface area contributed by atoms with E-state index in [0.717, 1.165) is 11.3 Å². The van der Waals surface area contributed by atoms with Crippen LogP contribution in [0.1, 0.15) is 17.3 Å². The van der Waals surface area contributed by atoms with E-state index in [1.54, 1.807) is 24.1 Å². The van der Waals surface area contributed by atoms with E-state index in [2.05, 4.69) is 10.5 Å². The lowest BCUT2D eigenvalue weighted by Crippen LogP contribution is -2.31. The molecule has 1 atom stereocenters. The molecule has 2 rings (SSSR count). The van der Waals surface area contributed by atoms with Gasteiger partial charge in [-0.25, -0.2) is 0 Å². The zero-order chi connectivity index (χ0) is 14.7. The molecule has 1 aromatic carbocycles. The number of hydrazine groups is 1. The van der Waals surface area contributed by atoms with E-state index in [0.29, 0.717) is 22.2 Å². The van der Waals surface area contributed by atoms with Crippen LogP contribution in [0.2, 0.25) is 10.0 Å². The van der Waals surface area contributed by atoms with Crippen molar-refractivity contribution in [3.63, 3.8) is 0 Å². The zero-order valence-electron chi connectivity index (χ0n) is 11.2. The lowest BCUT2D eigenvalue weighted by molar-refractivity contribution is 0.394. The number of hydrogen-bond acceptors (Lipinski definition) is 4. The van der Waals surface area contributed by atoms with Gasteiger partial charge in [-0.3, -0.25) is 16.0 Å². The van der Waals surface area contributed by atoms with Crippen molar-refractivity contribution in [1.82, 2.24) is 15.2 Å². The van der Waals surface area contributed by atoms with E-state index < -0.39 is 0 Å². The topological polar surface area (TPSA) is 65.1 Å². The molecule has 5 nitrogen and oxygen atoms in total. The molecule has 0 spiro atoms. The first kappa shape index (κ1) is 15.1. The number of methoxy groups -OCH3 is 1. The molecular formula is C13H16Cl2N4O. The molecule has 2 aromatic rings. The summed E-state index contributed by atoms with van der Waals surface area (Å²) in [6.07, 6.45) is 2.30. The standard InChI is InChI=1S/C13H16Cl2N4O/c1-19-13(12(20-2)7-17-19)11(18-16)6-8-3-4-9(14)10(15)5-8/h3-5,7,11,18H,6,16H2,1-2H3. The third kappa shape index (κ3) is 3.07. The minimum atomic E-state index is -0.144. The van der Waals surface area contributed by atoms with Crippen LogP contribution in [-0.2, 0) is 13.5 Å². The Morgan fingerprint density at radius 3 is 2.75 bits per heavy atom. The smallest absolute Gasteiger partial charge is 0.161 e. The third-order valence-electron chi connectivity index (χ3n) is 3.12. The molecule has 0 aliphatic carbocycles. The minimum absolute atomic E-state index is 0.144. The fourth-order valence-corrected chi connectivity index (χ4v) is 2.44. The Hall–Kier alpha value is -1.27. The highest BCUT2D eigenvalue weighted by atomic mass is 35.5. The van der Waals surface area contributed by atoms with Gasteiger partial charge in [0.15, 0.2) is 5.75 Å². The van der Waals surface area contributed by atoms with Crippen molar-refractivity contribution in [2.75, 3.05) is 7.11 Å². The number of nitrogens with two attached hydrogens (primary N) is 1. The van der Waals surface area contributed by atoms with Gasteiger partial charge < -0.3 is 4.74 Å². The van der Waals surface area contributed by atoms with Gasteiger partial charge >= 0.3 is 0 Å². The summed E-state index contributed by atoms with van der Waals surface area (Å²) < 4.78 is 7.04. The Morgan fingerprint density at radius 2 is 2.15 bits per heavy atom. The van der Waals surface area contributed by atoms with Gasteiger partial charge in [-0.05, 0) is 24.1 Å². The largest absolute Gasteiger partial charge is 0.493 e. The molecule has 20 heavy (non-hydrogen) atoms. The maximum atomic E-state index is 6.03. The van der Waals surface area contributed by atoms with Crippen LogP contribution >= 0.6 is 23.2 Å². The van der Waals surface area contributed by atoms with Crippen molar-refractivity contribution in [3.05, 3.63) is 45.7 Å².